The molecule has 0 saturated carbocycles. The van der Waals surface area contributed by atoms with Gasteiger partial charge in [0.25, 0.3) is 0 Å². The maximum Gasteiger partial charge on any atom is 0.143 e. The van der Waals surface area contributed by atoms with Crippen LogP contribution >= 0.6 is 68.0 Å². The highest BCUT2D eigenvalue weighted by molar-refractivity contribution is 7.40. The molecule has 120 heavy (non-hydrogen) atoms. The van der Waals surface area contributed by atoms with Gasteiger partial charge in [-0.1, -0.05) is 427 Å². The first-order valence-corrected chi connectivity index (χ1v) is 58.9. The smallest absolute Gasteiger partial charge is 0.143 e. The van der Waals surface area contributed by atoms with Gasteiger partial charge in [0.15, 0.2) is 0 Å². The first kappa shape index (κ1) is 98.4. The van der Waals surface area contributed by atoms with E-state index in [2.05, 4.69) is 269 Å². The van der Waals surface area contributed by atoms with Gasteiger partial charge in [-0.3, -0.25) is 0 Å². The molecule has 10 rings (SSSR count). The van der Waals surface area contributed by atoms with Gasteiger partial charge in [-0.05, 0) is 174 Å². The monoisotopic (exact) mass is 1770 g/mol. The maximum atomic E-state index is 16.2. The van der Waals surface area contributed by atoms with E-state index in [-0.39, 0.29) is 0 Å². The summed E-state index contributed by atoms with van der Waals surface area (Å²) in [4.78, 5) is 4.80. The third-order valence-electron chi connectivity index (χ3n) is 28.7. The predicted octanol–water partition coefficient (Wildman–Crippen LogP) is 37.4. The average molecular weight is 1770 g/mol. The van der Waals surface area contributed by atoms with Crippen molar-refractivity contribution in [2.75, 3.05) is 0 Å². The summed E-state index contributed by atoms with van der Waals surface area (Å²) in [5.41, 5.74) is 11.8. The quantitative estimate of drug-likeness (QED) is 0.0295. The fraction of sp³-hybridized carbons (Fsp3) is 0.618. The second-order valence-electron chi connectivity index (χ2n) is 38.9. The summed E-state index contributed by atoms with van der Waals surface area (Å²) in [5.74, 6) is 0.588. The van der Waals surface area contributed by atoms with Gasteiger partial charge in [0, 0.05) is 39.7 Å². The van der Waals surface area contributed by atoms with Gasteiger partial charge in [-0.15, -0.1) is 68.0 Å². The second kappa shape index (κ2) is 48.4. The Balaban J connectivity index is 1.24. The number of hydrogen-bond acceptors (Lipinski definition) is 8. The molecule has 0 aliphatic carbocycles. The van der Waals surface area contributed by atoms with Crippen molar-refractivity contribution in [2.24, 2.45) is 0 Å². The van der Waals surface area contributed by atoms with E-state index in [9.17, 15) is 0 Å². The lowest BCUT2D eigenvalue weighted by atomic mass is 9.71. The Morgan fingerprint density at radius 2 is 0.592 bits per heavy atom. The molecular weight excluding hydrogens is 1600 g/mol. The van der Waals surface area contributed by atoms with Crippen LogP contribution in [0, 0.1) is 0 Å². The van der Waals surface area contributed by atoms with Crippen molar-refractivity contribution >= 4 is 121 Å². The highest BCUT2D eigenvalue weighted by atomic mass is 32.1. The lowest BCUT2D eigenvalue weighted by Gasteiger charge is -2.42. The van der Waals surface area contributed by atoms with E-state index in [1.807, 2.05) is 45.3 Å². The minimum absolute atomic E-state index is 0.294. The van der Waals surface area contributed by atoms with Crippen LogP contribution < -0.4 is 9.00 Å². The fourth-order valence-electron chi connectivity index (χ4n) is 22.6. The summed E-state index contributed by atoms with van der Waals surface area (Å²) < 4.78 is 10.9. The van der Waals surface area contributed by atoms with E-state index < -0.39 is 27.3 Å². The number of hydrogen-bond donors (Lipinski definition) is 2. The molecule has 6 aromatic heterocycles. The zero-order valence-corrected chi connectivity index (χ0v) is 85.7. The summed E-state index contributed by atoms with van der Waals surface area (Å²) in [6.07, 6.45) is 50.3. The molecule has 6 heterocycles. The minimum atomic E-state index is -2.22. The van der Waals surface area contributed by atoms with E-state index in [1.54, 1.807) is 9.00 Å². The fourth-order valence-corrected chi connectivity index (χ4v) is 48.9. The van der Waals surface area contributed by atoms with E-state index in [4.69, 9.17) is 0 Å². The Hall–Kier alpha value is -3.79. The van der Waals surface area contributed by atoms with E-state index in [1.165, 1.54) is 271 Å². The molecule has 2 atom stereocenters. The van der Waals surface area contributed by atoms with E-state index in [0.29, 0.717) is 45.1 Å². The number of aryl methyl sites for hydroxylation is 2. The highest BCUT2D eigenvalue weighted by Gasteiger charge is 2.50. The Bertz CT molecular complexity index is 4380. The molecular formula is C110H164O2S6Si2. The van der Waals surface area contributed by atoms with Crippen LogP contribution in [0.1, 0.15) is 436 Å². The van der Waals surface area contributed by atoms with Crippen LogP contribution in [0.5, 0.6) is 0 Å². The molecule has 10 aromatic rings. The molecule has 0 radical (unpaired) electrons. The molecule has 0 aliphatic heterocycles. The number of aliphatic hydroxyl groups is 2. The number of thiophene rings is 6. The first-order valence-electron chi connectivity index (χ1n) is 49.6. The number of fused-ring (bicyclic) bond motifs is 3. The molecule has 10 heteroatoms. The van der Waals surface area contributed by atoms with Crippen molar-refractivity contribution in [3.05, 3.63) is 177 Å². The Morgan fingerprint density at radius 3 is 0.967 bits per heavy atom. The van der Waals surface area contributed by atoms with Gasteiger partial charge in [-0.25, -0.2) is 0 Å². The first-order chi connectivity index (χ1) is 58.1. The SMILES string of the molecule is CCCCCCCCCCCCc1ccc(C(O)(c2ccc(CCCCCCCCCCCC)cc2)c2c(-c3cc4sc([Si](C(C)C)(C(C)C)C(C)C)cc4s3)sc3cc(-c4sc5cc([Si](C(C)C)(C(C)C)C(C)C)sc5c4C(O)(c4ccccc4C(CCC)CCCCCCCC)c4ccccc4C(CCC)CCCCCCCC)sc23)cc1. The molecule has 2 nitrogen and oxygen atoms in total. The molecule has 0 spiro atoms. The van der Waals surface area contributed by atoms with Gasteiger partial charge >= 0.3 is 0 Å². The summed E-state index contributed by atoms with van der Waals surface area (Å²) in [7, 11) is -4.18. The highest BCUT2D eigenvalue weighted by Crippen LogP contribution is 2.60. The van der Waals surface area contributed by atoms with Gasteiger partial charge < -0.3 is 10.2 Å². The van der Waals surface area contributed by atoms with Gasteiger partial charge in [0.1, 0.15) is 27.3 Å². The summed E-state index contributed by atoms with van der Waals surface area (Å²) in [5, 5.41) is 31.6. The molecule has 0 bridgehead atoms. The third kappa shape index (κ3) is 23.0. The standard InChI is InChI=1S/C110H164O2S6Si2/c1-19-25-29-33-37-39-41-43-45-49-59-85-67-71-89(72-68-85)109(111,90-73-69-86(70-74-90)60-50-46-44-42-40-38-34-30-26-20-2)103-105(97-75-95-96(113-97)77-101(114-95)119(79(7)8,80(9)10)81(11)12)115-98-76-99(116-106(98)103)107-104(108-100(117-107)78-102(118-108)120(82(13)14,83(15)16)84(17)18)110(112,93-65-55-53-63-91(93)87(57-23-5)61-51-47-35-31-27-21-3)94-66-56-54-64-92(94)88(58-24-6)62-52-48-36-32-28-22-4/h53-56,63-84,87-88,111-112H,19-52,57-62H2,1-18H3. The number of benzene rings is 4. The van der Waals surface area contributed by atoms with Crippen LogP contribution in [0.3, 0.4) is 0 Å². The van der Waals surface area contributed by atoms with Crippen molar-refractivity contribution in [1.82, 2.24) is 0 Å². The van der Waals surface area contributed by atoms with Crippen molar-refractivity contribution in [2.45, 2.75) is 438 Å². The average Bonchev–Trinajstić information content (AvgIpc) is 1.53. The van der Waals surface area contributed by atoms with Crippen molar-refractivity contribution in [1.29, 1.82) is 0 Å². The molecule has 0 amide bonds. The molecule has 0 fully saturated rings. The van der Waals surface area contributed by atoms with Crippen LogP contribution in [0.15, 0.2) is 121 Å². The third-order valence-corrected chi connectivity index (χ3v) is 52.1. The topological polar surface area (TPSA) is 40.5 Å². The van der Waals surface area contributed by atoms with Crippen molar-refractivity contribution < 1.29 is 10.2 Å². The van der Waals surface area contributed by atoms with E-state index >= 15 is 10.2 Å². The molecule has 2 unspecified atom stereocenters. The molecule has 2 N–H and O–H groups in total. The normalized spacial score (nSPS) is 13.8. The van der Waals surface area contributed by atoms with Crippen molar-refractivity contribution in [3.63, 3.8) is 0 Å². The van der Waals surface area contributed by atoms with Crippen LogP contribution in [-0.4, -0.2) is 26.4 Å². The molecule has 4 aromatic carbocycles. The Morgan fingerprint density at radius 1 is 0.283 bits per heavy atom. The Kier molecular flexibility index (Phi) is 39.7. The van der Waals surface area contributed by atoms with Crippen LogP contribution in [0.4, 0.5) is 0 Å². The number of unbranched alkanes of at least 4 members (excludes halogenated alkanes) is 28. The molecule has 0 saturated heterocycles. The Labute approximate surface area is 759 Å². The predicted molar refractivity (Wildman–Crippen MR) is 551 cm³/mol. The zero-order valence-electron chi connectivity index (χ0n) is 78.8. The lowest BCUT2D eigenvalue weighted by Crippen LogP contribution is -2.54. The zero-order chi connectivity index (χ0) is 86.0. The number of rotatable bonds is 58. The van der Waals surface area contributed by atoms with Crippen LogP contribution in [-0.2, 0) is 24.0 Å². The van der Waals surface area contributed by atoms with Gasteiger partial charge in [-0.2, -0.15) is 0 Å². The summed E-state index contributed by atoms with van der Waals surface area (Å²) in [6, 6.07) is 48.0. The van der Waals surface area contributed by atoms with Gasteiger partial charge in [0.2, 0.25) is 0 Å². The van der Waals surface area contributed by atoms with E-state index in [0.717, 1.165) is 89.4 Å². The minimum Gasteiger partial charge on any atom is -0.376 e. The van der Waals surface area contributed by atoms with Crippen LogP contribution in [0.25, 0.3) is 47.7 Å². The summed E-state index contributed by atoms with van der Waals surface area (Å²) >= 11 is 11.9. The molecule has 0 aliphatic rings. The van der Waals surface area contributed by atoms with Crippen LogP contribution in [0.2, 0.25) is 33.2 Å². The van der Waals surface area contributed by atoms with Gasteiger partial charge in [0.05, 0.1) is 19.2 Å². The lowest BCUT2D eigenvalue weighted by molar-refractivity contribution is 0.125. The maximum absolute atomic E-state index is 16.2. The van der Waals surface area contributed by atoms with Crippen molar-refractivity contribution in [3.8, 4) is 19.5 Å². The second-order valence-corrected chi connectivity index (χ2v) is 57.7. The summed E-state index contributed by atoms with van der Waals surface area (Å²) in [6.45, 7) is 44.4. The largest absolute Gasteiger partial charge is 0.376 e. The molecule has 660 valence electrons.